The van der Waals surface area contributed by atoms with Crippen LogP contribution in [0.2, 0.25) is 0 Å². The van der Waals surface area contributed by atoms with Crippen molar-refractivity contribution in [1.29, 1.82) is 0 Å². The predicted molar refractivity (Wildman–Crippen MR) is 164 cm³/mol. The van der Waals surface area contributed by atoms with E-state index in [1.54, 1.807) is 12.1 Å². The molecule has 3 rings (SSSR count). The van der Waals surface area contributed by atoms with Gasteiger partial charge in [0.05, 0.1) is 0 Å². The number of rotatable bonds is 16. The molecule has 0 saturated carbocycles. The first kappa shape index (κ1) is 29.9. The maximum atomic E-state index is 13.6. The van der Waals surface area contributed by atoms with Gasteiger partial charge in [0.2, 0.25) is 0 Å². The molecule has 0 atom stereocenters. The molecule has 37 heavy (non-hydrogen) atoms. The SMILES string of the molecule is CCCCCCCCCCCCc1ccccc1S(=O)(=O)OI(c1ccc(C)cc1)c1ccc(C)cc1. The fourth-order valence-electron chi connectivity index (χ4n) is 4.37. The third kappa shape index (κ3) is 9.84. The van der Waals surface area contributed by atoms with Crippen LogP contribution in [0.25, 0.3) is 0 Å². The first-order chi connectivity index (χ1) is 17.9. The van der Waals surface area contributed by atoms with Gasteiger partial charge >= 0.3 is 208 Å². The Balaban J connectivity index is 1.65. The molecule has 0 aromatic heterocycles. The molecule has 0 spiro atoms. The van der Waals surface area contributed by atoms with Crippen molar-refractivity contribution in [2.45, 2.75) is 96.3 Å². The maximum absolute atomic E-state index is 13.6. The van der Waals surface area contributed by atoms with Crippen LogP contribution in [-0.2, 0) is 19.1 Å². The number of hydrogen-bond acceptors (Lipinski definition) is 3. The molecular formula is C32H43IO3S. The van der Waals surface area contributed by atoms with Gasteiger partial charge in [-0.3, -0.25) is 0 Å². The quantitative estimate of drug-likeness (QED) is 0.116. The van der Waals surface area contributed by atoms with Gasteiger partial charge < -0.3 is 0 Å². The van der Waals surface area contributed by atoms with Crippen molar-refractivity contribution < 1.29 is 10.9 Å². The van der Waals surface area contributed by atoms with E-state index in [2.05, 4.69) is 6.92 Å². The van der Waals surface area contributed by atoms with Gasteiger partial charge in [-0.2, -0.15) is 0 Å². The van der Waals surface area contributed by atoms with Gasteiger partial charge in [0.1, 0.15) is 0 Å². The van der Waals surface area contributed by atoms with E-state index in [0.29, 0.717) is 4.90 Å². The number of hydrogen-bond donors (Lipinski definition) is 0. The molecule has 3 aromatic carbocycles. The molecule has 3 nitrogen and oxygen atoms in total. The van der Waals surface area contributed by atoms with Gasteiger partial charge in [0, 0.05) is 0 Å². The minimum atomic E-state index is -3.90. The van der Waals surface area contributed by atoms with E-state index in [4.69, 9.17) is 2.51 Å². The number of benzene rings is 3. The van der Waals surface area contributed by atoms with Crippen molar-refractivity contribution in [3.63, 3.8) is 0 Å². The molecule has 0 radical (unpaired) electrons. The van der Waals surface area contributed by atoms with Gasteiger partial charge in [-0.1, -0.05) is 26.2 Å². The summed E-state index contributed by atoms with van der Waals surface area (Å²) in [6.45, 7) is 6.33. The number of unbranched alkanes of at least 4 members (excludes halogenated alkanes) is 9. The molecule has 0 fully saturated rings. The molecule has 0 heterocycles. The second-order valence-electron chi connectivity index (χ2n) is 9.90. The topological polar surface area (TPSA) is 43.4 Å². The predicted octanol–water partition coefficient (Wildman–Crippen LogP) is 9.63. The van der Waals surface area contributed by atoms with Crippen molar-refractivity contribution in [1.82, 2.24) is 0 Å². The van der Waals surface area contributed by atoms with Crippen molar-refractivity contribution in [3.05, 3.63) is 96.6 Å². The molecule has 0 saturated heterocycles. The van der Waals surface area contributed by atoms with E-state index < -0.39 is 30.4 Å². The third-order valence-electron chi connectivity index (χ3n) is 6.61. The van der Waals surface area contributed by atoms with Gasteiger partial charge in [0.15, 0.2) is 0 Å². The van der Waals surface area contributed by atoms with E-state index in [1.807, 2.05) is 74.5 Å². The van der Waals surface area contributed by atoms with Crippen LogP contribution < -0.4 is 0 Å². The van der Waals surface area contributed by atoms with E-state index in [-0.39, 0.29) is 0 Å². The number of aryl methyl sites for hydroxylation is 3. The summed E-state index contributed by atoms with van der Waals surface area (Å²) in [6, 6.07) is 23.6. The van der Waals surface area contributed by atoms with Crippen LogP contribution >= 0.6 is 20.2 Å². The average Bonchev–Trinajstić information content (AvgIpc) is 2.90. The van der Waals surface area contributed by atoms with Gasteiger partial charge in [-0.05, 0) is 0 Å². The summed E-state index contributed by atoms with van der Waals surface area (Å²) in [4.78, 5) is 0.326. The fourth-order valence-corrected chi connectivity index (χ4v) is 11.5. The van der Waals surface area contributed by atoms with Crippen molar-refractivity contribution in [2.24, 2.45) is 0 Å². The third-order valence-corrected chi connectivity index (χ3v) is 14.0. The monoisotopic (exact) mass is 634 g/mol. The van der Waals surface area contributed by atoms with E-state index in [1.165, 1.54) is 51.4 Å². The first-order valence-corrected chi connectivity index (χ1v) is 18.2. The van der Waals surface area contributed by atoms with Crippen LogP contribution in [-0.4, -0.2) is 8.42 Å². The Hall–Kier alpha value is -1.70. The molecule has 0 unspecified atom stereocenters. The van der Waals surface area contributed by atoms with Crippen LogP contribution in [0, 0.1) is 21.0 Å². The molecule has 202 valence electrons. The summed E-state index contributed by atoms with van der Waals surface area (Å²) in [7, 11) is -3.90. The Morgan fingerprint density at radius 1 is 0.622 bits per heavy atom. The summed E-state index contributed by atoms with van der Waals surface area (Å²) < 4.78 is 35.4. The normalized spacial score (nSPS) is 12.0. The molecule has 0 aliphatic carbocycles. The standard InChI is InChI=1S/C32H43IO3S/c1-4-5-6-7-8-9-10-11-12-13-16-29-17-14-15-18-32(29)37(34,35)36-33(30-23-19-27(2)20-24-30)31-25-21-28(3)22-26-31/h14-15,17-26H,4-13,16H2,1-3H3. The van der Waals surface area contributed by atoms with Crippen LogP contribution in [0.5, 0.6) is 0 Å². The summed E-state index contributed by atoms with van der Waals surface area (Å²) in [5, 5.41) is 0. The molecule has 0 bridgehead atoms. The molecule has 3 aromatic rings. The first-order valence-electron chi connectivity index (χ1n) is 13.8. The van der Waals surface area contributed by atoms with Crippen molar-refractivity contribution in [3.8, 4) is 0 Å². The average molecular weight is 635 g/mol. The van der Waals surface area contributed by atoms with Crippen LogP contribution in [0.3, 0.4) is 0 Å². The molecule has 0 aliphatic rings. The Labute approximate surface area is 233 Å². The van der Waals surface area contributed by atoms with Gasteiger partial charge in [0.25, 0.3) is 0 Å². The summed E-state index contributed by atoms with van der Waals surface area (Å²) in [6.07, 6.45) is 13.4. The zero-order valence-electron chi connectivity index (χ0n) is 22.7. The number of halogens is 1. The Kier molecular flexibility index (Phi) is 12.6. The Morgan fingerprint density at radius 2 is 1.08 bits per heavy atom. The van der Waals surface area contributed by atoms with Gasteiger partial charge in [-0.25, -0.2) is 0 Å². The molecule has 0 amide bonds. The molecular weight excluding hydrogens is 591 g/mol. The molecule has 0 N–H and O–H groups in total. The summed E-state index contributed by atoms with van der Waals surface area (Å²) in [5.74, 6) is 0. The molecule has 0 aliphatic heterocycles. The van der Waals surface area contributed by atoms with Crippen molar-refractivity contribution in [2.75, 3.05) is 0 Å². The minimum absolute atomic E-state index is 0.326. The second-order valence-corrected chi connectivity index (χ2v) is 16.4. The summed E-state index contributed by atoms with van der Waals surface area (Å²) >= 11 is -2.68. The zero-order chi connectivity index (χ0) is 26.5. The van der Waals surface area contributed by atoms with Crippen molar-refractivity contribution >= 4 is 30.4 Å². The van der Waals surface area contributed by atoms with E-state index >= 15 is 0 Å². The second kappa shape index (κ2) is 15.6. The van der Waals surface area contributed by atoms with Crippen LogP contribution in [0.1, 0.15) is 87.8 Å². The van der Waals surface area contributed by atoms with Crippen LogP contribution in [0.15, 0.2) is 77.7 Å². The zero-order valence-corrected chi connectivity index (χ0v) is 25.7. The Bertz CT molecular complexity index is 1130. The Morgan fingerprint density at radius 3 is 1.59 bits per heavy atom. The van der Waals surface area contributed by atoms with Crippen LogP contribution in [0.4, 0.5) is 0 Å². The summed E-state index contributed by atoms with van der Waals surface area (Å²) in [5.41, 5.74) is 3.16. The van der Waals surface area contributed by atoms with E-state index in [9.17, 15) is 8.42 Å². The molecule has 5 heteroatoms. The fraction of sp³-hybridized carbons (Fsp3) is 0.438. The van der Waals surface area contributed by atoms with Gasteiger partial charge in [-0.15, -0.1) is 0 Å². The van der Waals surface area contributed by atoms with E-state index in [0.717, 1.165) is 43.1 Å².